The first-order valence-corrected chi connectivity index (χ1v) is 12.0. The van der Waals surface area contributed by atoms with Gasteiger partial charge in [0.05, 0.1) is 31.3 Å². The molecule has 182 valence electrons. The Balaban J connectivity index is 1.36. The Labute approximate surface area is 200 Å². The zero-order chi connectivity index (χ0) is 24.1. The number of aromatic nitrogens is 2. The number of fused-ring (bicyclic) bond motifs is 1. The lowest BCUT2D eigenvalue weighted by Gasteiger charge is -2.30. The van der Waals surface area contributed by atoms with Crippen molar-refractivity contribution in [2.45, 2.75) is 32.9 Å². The van der Waals surface area contributed by atoms with Crippen LogP contribution in [0, 0.1) is 12.8 Å². The van der Waals surface area contributed by atoms with Gasteiger partial charge in [-0.3, -0.25) is 14.5 Å². The first-order chi connectivity index (χ1) is 16.5. The summed E-state index contributed by atoms with van der Waals surface area (Å²) in [6.07, 6.45) is 3.04. The van der Waals surface area contributed by atoms with E-state index < -0.39 is 5.97 Å². The number of aryl methyl sites for hydroxylation is 1. The molecule has 1 amide bonds. The van der Waals surface area contributed by atoms with Crippen molar-refractivity contribution < 1.29 is 23.5 Å². The number of furan rings is 1. The molecule has 1 saturated heterocycles. The van der Waals surface area contributed by atoms with Gasteiger partial charge in [-0.25, -0.2) is 9.78 Å². The summed E-state index contributed by atoms with van der Waals surface area (Å²) >= 11 is 1.16. The van der Waals surface area contributed by atoms with E-state index in [4.69, 9.17) is 13.9 Å². The SMILES string of the molecule is COCCOC(=O)c1sc2nc(CN3CCC(C(=O)NCc4ccco4)CC3)[nH]c(=O)c2c1C. The molecule has 1 fully saturated rings. The van der Waals surface area contributed by atoms with Crippen LogP contribution < -0.4 is 10.9 Å². The highest BCUT2D eigenvalue weighted by Crippen LogP contribution is 2.28. The maximum Gasteiger partial charge on any atom is 0.348 e. The number of likely N-dealkylation sites (tertiary alicyclic amines) is 1. The summed E-state index contributed by atoms with van der Waals surface area (Å²) < 4.78 is 15.3. The van der Waals surface area contributed by atoms with Crippen LogP contribution in [0.3, 0.4) is 0 Å². The smallest absolute Gasteiger partial charge is 0.348 e. The number of hydrogen-bond acceptors (Lipinski definition) is 9. The third kappa shape index (κ3) is 5.54. The zero-order valence-corrected chi connectivity index (χ0v) is 20.0. The molecule has 34 heavy (non-hydrogen) atoms. The first kappa shape index (κ1) is 24.1. The molecule has 0 aliphatic carbocycles. The highest BCUT2D eigenvalue weighted by Gasteiger charge is 2.26. The lowest BCUT2D eigenvalue weighted by atomic mass is 9.96. The van der Waals surface area contributed by atoms with E-state index >= 15 is 0 Å². The Kier molecular flexibility index (Phi) is 7.76. The van der Waals surface area contributed by atoms with Crippen LogP contribution in [0.5, 0.6) is 0 Å². The number of ether oxygens (including phenoxy) is 2. The number of piperidine rings is 1. The van der Waals surface area contributed by atoms with E-state index in [-0.39, 0.29) is 24.0 Å². The van der Waals surface area contributed by atoms with Crippen LogP contribution in [0.25, 0.3) is 10.2 Å². The summed E-state index contributed by atoms with van der Waals surface area (Å²) in [5, 5.41) is 3.34. The fraction of sp³-hybridized carbons (Fsp3) is 0.478. The number of thiophene rings is 1. The van der Waals surface area contributed by atoms with Gasteiger partial charge in [-0.2, -0.15) is 0 Å². The Bertz CT molecular complexity index is 1190. The third-order valence-corrected chi connectivity index (χ3v) is 7.07. The molecule has 0 saturated carbocycles. The Morgan fingerprint density at radius 2 is 2.12 bits per heavy atom. The van der Waals surface area contributed by atoms with Crippen molar-refractivity contribution in [2.24, 2.45) is 5.92 Å². The Morgan fingerprint density at radius 3 is 2.82 bits per heavy atom. The maximum absolute atomic E-state index is 12.7. The lowest BCUT2D eigenvalue weighted by Crippen LogP contribution is -2.40. The molecule has 0 radical (unpaired) electrons. The standard InChI is InChI=1S/C23H28N4O6S/c1-14-18-21(29)25-17(26-22(18)34-19(14)23(30)33-11-10-31-2)13-27-7-5-15(6-8-27)20(28)24-12-16-4-3-9-32-16/h3-4,9,15H,5-8,10-13H2,1-2H3,(H,24,28)(H,25,26,29). The van der Waals surface area contributed by atoms with Gasteiger partial charge in [0.2, 0.25) is 5.91 Å². The van der Waals surface area contributed by atoms with E-state index in [2.05, 4.69) is 20.2 Å². The number of hydrogen-bond donors (Lipinski definition) is 2. The van der Waals surface area contributed by atoms with Crippen molar-refractivity contribution in [3.05, 3.63) is 50.8 Å². The summed E-state index contributed by atoms with van der Waals surface area (Å²) in [6, 6.07) is 3.62. The fourth-order valence-electron chi connectivity index (χ4n) is 4.04. The number of nitrogens with zero attached hydrogens (tertiary/aromatic N) is 2. The molecule has 0 atom stereocenters. The number of aromatic amines is 1. The maximum atomic E-state index is 12.7. The van der Waals surface area contributed by atoms with Gasteiger partial charge < -0.3 is 24.2 Å². The number of nitrogens with one attached hydrogen (secondary N) is 2. The van der Waals surface area contributed by atoms with Gasteiger partial charge in [-0.1, -0.05) is 0 Å². The summed E-state index contributed by atoms with van der Waals surface area (Å²) in [5.74, 6) is 0.770. The number of carbonyl (C=O) groups excluding carboxylic acids is 2. The second kappa shape index (κ2) is 10.9. The normalized spacial score (nSPS) is 15.0. The minimum atomic E-state index is -0.481. The van der Waals surface area contributed by atoms with Crippen LogP contribution >= 0.6 is 11.3 Å². The van der Waals surface area contributed by atoms with Crippen LogP contribution in [0.4, 0.5) is 0 Å². The largest absolute Gasteiger partial charge is 0.467 e. The van der Waals surface area contributed by atoms with Crippen molar-refractivity contribution >= 4 is 33.4 Å². The Hall–Kier alpha value is -3.02. The number of esters is 1. The number of carbonyl (C=O) groups is 2. The average molecular weight is 489 g/mol. The van der Waals surface area contributed by atoms with E-state index in [0.717, 1.165) is 43.0 Å². The first-order valence-electron chi connectivity index (χ1n) is 11.2. The van der Waals surface area contributed by atoms with Gasteiger partial charge in [0.15, 0.2) is 0 Å². The molecule has 4 rings (SSSR count). The quantitative estimate of drug-likeness (QED) is 0.347. The molecule has 0 aromatic carbocycles. The molecule has 3 aromatic rings. The van der Waals surface area contributed by atoms with Crippen molar-refractivity contribution in [1.29, 1.82) is 0 Å². The summed E-state index contributed by atoms with van der Waals surface area (Å²) in [6.45, 7) is 4.48. The summed E-state index contributed by atoms with van der Waals surface area (Å²) in [7, 11) is 1.53. The van der Waals surface area contributed by atoms with Gasteiger partial charge in [-0.05, 0) is 50.6 Å². The highest BCUT2D eigenvalue weighted by molar-refractivity contribution is 7.20. The van der Waals surface area contributed by atoms with Gasteiger partial charge in [0.25, 0.3) is 5.56 Å². The topological polar surface area (TPSA) is 127 Å². The van der Waals surface area contributed by atoms with E-state index in [1.165, 1.54) is 7.11 Å². The molecule has 4 heterocycles. The average Bonchev–Trinajstić information content (AvgIpc) is 3.46. The molecular formula is C23H28N4O6S. The van der Waals surface area contributed by atoms with Gasteiger partial charge in [0, 0.05) is 13.0 Å². The molecule has 0 spiro atoms. The van der Waals surface area contributed by atoms with Crippen molar-refractivity contribution in [3.8, 4) is 0 Å². The van der Waals surface area contributed by atoms with Crippen LogP contribution in [0.15, 0.2) is 27.6 Å². The van der Waals surface area contributed by atoms with E-state index in [1.807, 2.05) is 6.07 Å². The van der Waals surface area contributed by atoms with Gasteiger partial charge in [-0.15, -0.1) is 11.3 Å². The molecule has 1 aliphatic rings. The monoisotopic (exact) mass is 488 g/mol. The molecule has 0 bridgehead atoms. The number of rotatable bonds is 9. The van der Waals surface area contributed by atoms with Crippen LogP contribution in [-0.2, 0) is 27.4 Å². The van der Waals surface area contributed by atoms with Gasteiger partial charge in [0.1, 0.15) is 27.9 Å². The molecule has 1 aliphatic heterocycles. The number of amides is 1. The summed E-state index contributed by atoms with van der Waals surface area (Å²) in [4.78, 5) is 48.1. The highest BCUT2D eigenvalue weighted by atomic mass is 32.1. The predicted molar refractivity (Wildman–Crippen MR) is 126 cm³/mol. The third-order valence-electron chi connectivity index (χ3n) is 5.90. The van der Waals surface area contributed by atoms with Crippen LogP contribution in [0.2, 0.25) is 0 Å². The molecule has 2 N–H and O–H groups in total. The zero-order valence-electron chi connectivity index (χ0n) is 19.2. The molecule has 3 aromatic heterocycles. The molecule has 10 nitrogen and oxygen atoms in total. The second-order valence-electron chi connectivity index (χ2n) is 8.23. The summed E-state index contributed by atoms with van der Waals surface area (Å²) in [5.41, 5.74) is 0.306. The predicted octanol–water partition coefficient (Wildman–Crippen LogP) is 2.22. The van der Waals surface area contributed by atoms with Crippen LogP contribution in [0.1, 0.15) is 39.7 Å². The van der Waals surface area contributed by atoms with E-state index in [9.17, 15) is 14.4 Å². The molecule has 11 heteroatoms. The lowest BCUT2D eigenvalue weighted by molar-refractivity contribution is -0.126. The molecule has 0 unspecified atom stereocenters. The minimum Gasteiger partial charge on any atom is -0.467 e. The Morgan fingerprint density at radius 1 is 1.32 bits per heavy atom. The minimum absolute atomic E-state index is 0.0305. The number of H-pyrrole nitrogens is 1. The fourth-order valence-corrected chi connectivity index (χ4v) is 5.13. The van der Waals surface area contributed by atoms with Crippen molar-refractivity contribution in [1.82, 2.24) is 20.2 Å². The van der Waals surface area contributed by atoms with Crippen molar-refractivity contribution in [3.63, 3.8) is 0 Å². The van der Waals surface area contributed by atoms with Crippen molar-refractivity contribution in [2.75, 3.05) is 33.4 Å². The number of methoxy groups -OCH3 is 1. The van der Waals surface area contributed by atoms with E-state index in [0.29, 0.717) is 46.2 Å². The van der Waals surface area contributed by atoms with Gasteiger partial charge >= 0.3 is 5.97 Å². The van der Waals surface area contributed by atoms with Crippen LogP contribution in [-0.4, -0.2) is 60.2 Å². The second-order valence-corrected chi connectivity index (χ2v) is 9.22. The molecular weight excluding hydrogens is 460 g/mol. The van der Waals surface area contributed by atoms with E-state index in [1.54, 1.807) is 19.3 Å².